The molecule has 1 aromatic rings. The topological polar surface area (TPSA) is 91.2 Å². The van der Waals surface area contributed by atoms with E-state index in [-0.39, 0.29) is 24.8 Å². The number of methoxy groups -OCH3 is 1. The summed E-state index contributed by atoms with van der Waals surface area (Å²) in [5.41, 5.74) is 1.55. The number of nitrogens with zero attached hydrogens (tertiary/aromatic N) is 1. The Hall–Kier alpha value is -2.39. The van der Waals surface area contributed by atoms with E-state index >= 15 is 0 Å². The van der Waals surface area contributed by atoms with E-state index in [4.69, 9.17) is 10.00 Å². The lowest BCUT2D eigenvalue weighted by Gasteiger charge is -2.06. The van der Waals surface area contributed by atoms with Gasteiger partial charge < -0.3 is 15.4 Å². The Morgan fingerprint density at radius 3 is 2.53 bits per heavy atom. The first-order chi connectivity index (χ1) is 9.15. The van der Waals surface area contributed by atoms with Gasteiger partial charge in [0.1, 0.15) is 13.0 Å². The molecule has 0 bridgehead atoms. The van der Waals surface area contributed by atoms with Crippen LogP contribution >= 0.6 is 0 Å². The van der Waals surface area contributed by atoms with Crippen molar-refractivity contribution in [1.82, 2.24) is 5.32 Å². The molecule has 6 nitrogen and oxygen atoms in total. The number of ether oxygens (including phenoxy) is 1. The zero-order valence-electron chi connectivity index (χ0n) is 10.6. The summed E-state index contributed by atoms with van der Waals surface area (Å²) in [7, 11) is 1.45. The molecule has 0 aliphatic rings. The number of carbonyl (C=O) groups is 2. The minimum Gasteiger partial charge on any atom is -0.375 e. The molecule has 0 aliphatic carbocycles. The summed E-state index contributed by atoms with van der Waals surface area (Å²) in [5.74, 6) is -0.530. The standard InChI is InChI=1S/C13H15N3O3/c1-19-9-13(18)16-11-4-2-10(3-5-11)8-15-12(17)6-7-14/h2-5H,6,8-9H2,1H3,(H,15,17)(H,16,18). The van der Waals surface area contributed by atoms with Crippen molar-refractivity contribution in [2.45, 2.75) is 13.0 Å². The Morgan fingerprint density at radius 1 is 1.26 bits per heavy atom. The average Bonchev–Trinajstić information content (AvgIpc) is 2.38. The summed E-state index contributed by atoms with van der Waals surface area (Å²) in [6.07, 6.45) is -0.148. The molecule has 100 valence electrons. The Kier molecular flexibility index (Phi) is 6.06. The van der Waals surface area contributed by atoms with Gasteiger partial charge in [0.15, 0.2) is 0 Å². The Labute approximate surface area is 111 Å². The Morgan fingerprint density at radius 2 is 1.95 bits per heavy atom. The van der Waals surface area contributed by atoms with Gasteiger partial charge in [0.25, 0.3) is 0 Å². The van der Waals surface area contributed by atoms with Gasteiger partial charge in [-0.15, -0.1) is 0 Å². The fourth-order valence-electron chi connectivity index (χ4n) is 1.37. The van der Waals surface area contributed by atoms with Gasteiger partial charge >= 0.3 is 0 Å². The molecule has 0 saturated carbocycles. The number of nitriles is 1. The van der Waals surface area contributed by atoms with Gasteiger partial charge in [0.05, 0.1) is 6.07 Å². The largest absolute Gasteiger partial charge is 0.375 e. The van der Waals surface area contributed by atoms with Crippen LogP contribution in [0.3, 0.4) is 0 Å². The number of nitrogens with one attached hydrogen (secondary N) is 2. The molecule has 2 N–H and O–H groups in total. The van der Waals surface area contributed by atoms with Crippen LogP contribution in [0.2, 0.25) is 0 Å². The summed E-state index contributed by atoms with van der Waals surface area (Å²) in [6.45, 7) is 0.360. The molecule has 19 heavy (non-hydrogen) atoms. The van der Waals surface area contributed by atoms with Crippen LogP contribution in [0.15, 0.2) is 24.3 Å². The van der Waals surface area contributed by atoms with Crippen LogP contribution in [0.25, 0.3) is 0 Å². The molecule has 6 heteroatoms. The summed E-state index contributed by atoms with van der Waals surface area (Å²) < 4.78 is 4.70. The molecule has 0 spiro atoms. The van der Waals surface area contributed by atoms with E-state index in [2.05, 4.69) is 10.6 Å². The zero-order valence-corrected chi connectivity index (χ0v) is 10.6. The van der Waals surface area contributed by atoms with Crippen molar-refractivity contribution < 1.29 is 14.3 Å². The highest BCUT2D eigenvalue weighted by molar-refractivity contribution is 5.91. The van der Waals surface area contributed by atoms with Crippen LogP contribution in [0.1, 0.15) is 12.0 Å². The van der Waals surface area contributed by atoms with Crippen molar-refractivity contribution in [3.05, 3.63) is 29.8 Å². The highest BCUT2D eigenvalue weighted by atomic mass is 16.5. The van der Waals surface area contributed by atoms with E-state index in [0.717, 1.165) is 5.56 Å². The van der Waals surface area contributed by atoms with E-state index in [1.165, 1.54) is 7.11 Å². The molecule has 0 heterocycles. The maximum absolute atomic E-state index is 11.3. The lowest BCUT2D eigenvalue weighted by atomic mass is 10.2. The minimum atomic E-state index is -0.306. The van der Waals surface area contributed by atoms with Crippen molar-refractivity contribution in [1.29, 1.82) is 5.26 Å². The van der Waals surface area contributed by atoms with Crippen LogP contribution in [0.5, 0.6) is 0 Å². The summed E-state index contributed by atoms with van der Waals surface area (Å²) in [6, 6.07) is 8.82. The van der Waals surface area contributed by atoms with Crippen molar-refractivity contribution in [2.24, 2.45) is 0 Å². The molecule has 0 fully saturated rings. The molecular weight excluding hydrogens is 246 g/mol. The van der Waals surface area contributed by atoms with Crippen molar-refractivity contribution in [2.75, 3.05) is 19.0 Å². The van der Waals surface area contributed by atoms with E-state index in [0.29, 0.717) is 12.2 Å². The number of hydrogen-bond donors (Lipinski definition) is 2. The highest BCUT2D eigenvalue weighted by Gasteiger charge is 2.02. The smallest absolute Gasteiger partial charge is 0.250 e. The molecule has 0 saturated heterocycles. The van der Waals surface area contributed by atoms with Crippen LogP contribution in [0.4, 0.5) is 5.69 Å². The lowest BCUT2D eigenvalue weighted by Crippen LogP contribution is -2.21. The van der Waals surface area contributed by atoms with Gasteiger partial charge in [0.2, 0.25) is 11.8 Å². The second kappa shape index (κ2) is 7.84. The fourth-order valence-corrected chi connectivity index (χ4v) is 1.37. The van der Waals surface area contributed by atoms with Crippen LogP contribution in [-0.2, 0) is 20.9 Å². The SMILES string of the molecule is COCC(=O)Nc1ccc(CNC(=O)CC#N)cc1. The molecular formula is C13H15N3O3. The van der Waals surface area contributed by atoms with Gasteiger partial charge in [-0.2, -0.15) is 5.26 Å². The molecule has 0 radical (unpaired) electrons. The third-order valence-corrected chi connectivity index (χ3v) is 2.24. The monoisotopic (exact) mass is 261 g/mol. The molecule has 0 aromatic heterocycles. The number of benzene rings is 1. The van der Waals surface area contributed by atoms with Gasteiger partial charge in [-0.25, -0.2) is 0 Å². The number of carbonyl (C=O) groups excluding carboxylic acids is 2. The first-order valence-corrected chi connectivity index (χ1v) is 5.67. The fraction of sp³-hybridized carbons (Fsp3) is 0.308. The summed E-state index contributed by atoms with van der Waals surface area (Å²) in [4.78, 5) is 22.4. The van der Waals surface area contributed by atoms with Crippen LogP contribution in [0, 0.1) is 11.3 Å². The van der Waals surface area contributed by atoms with E-state index in [1.54, 1.807) is 30.3 Å². The zero-order chi connectivity index (χ0) is 14.1. The Balaban J connectivity index is 2.46. The van der Waals surface area contributed by atoms with Gasteiger partial charge in [0, 0.05) is 19.3 Å². The minimum absolute atomic E-state index is 0.00592. The van der Waals surface area contributed by atoms with Gasteiger partial charge in [-0.1, -0.05) is 12.1 Å². The first-order valence-electron chi connectivity index (χ1n) is 5.67. The predicted molar refractivity (Wildman–Crippen MR) is 69.0 cm³/mol. The molecule has 2 amide bonds. The maximum atomic E-state index is 11.3. The molecule has 0 atom stereocenters. The number of amides is 2. The van der Waals surface area contributed by atoms with Gasteiger partial charge in [-0.3, -0.25) is 9.59 Å². The van der Waals surface area contributed by atoms with Crippen molar-refractivity contribution in [3.63, 3.8) is 0 Å². The molecule has 1 aromatic carbocycles. The molecule has 0 unspecified atom stereocenters. The second-order valence-electron chi connectivity index (χ2n) is 3.79. The number of anilines is 1. The normalized spacial score (nSPS) is 9.47. The summed E-state index contributed by atoms with van der Waals surface area (Å²) in [5, 5.41) is 13.6. The second-order valence-corrected chi connectivity index (χ2v) is 3.79. The third-order valence-electron chi connectivity index (χ3n) is 2.24. The molecule has 1 rings (SSSR count). The molecule has 0 aliphatic heterocycles. The van der Waals surface area contributed by atoms with E-state index in [1.807, 2.05) is 0 Å². The predicted octanol–water partition coefficient (Wildman–Crippen LogP) is 0.801. The summed E-state index contributed by atoms with van der Waals surface area (Å²) >= 11 is 0. The van der Waals surface area contributed by atoms with Crippen molar-refractivity contribution >= 4 is 17.5 Å². The average molecular weight is 261 g/mol. The van der Waals surface area contributed by atoms with E-state index < -0.39 is 0 Å². The number of hydrogen-bond acceptors (Lipinski definition) is 4. The lowest BCUT2D eigenvalue weighted by molar-refractivity contribution is -0.120. The third kappa shape index (κ3) is 5.66. The van der Waals surface area contributed by atoms with Crippen LogP contribution < -0.4 is 10.6 Å². The van der Waals surface area contributed by atoms with Crippen molar-refractivity contribution in [3.8, 4) is 6.07 Å². The quantitative estimate of drug-likeness (QED) is 0.792. The number of rotatable bonds is 6. The maximum Gasteiger partial charge on any atom is 0.250 e. The van der Waals surface area contributed by atoms with Gasteiger partial charge in [-0.05, 0) is 17.7 Å². The first kappa shape index (κ1) is 14.7. The van der Waals surface area contributed by atoms with E-state index in [9.17, 15) is 9.59 Å². The Bertz CT molecular complexity index is 477. The highest BCUT2D eigenvalue weighted by Crippen LogP contribution is 2.09. The van der Waals surface area contributed by atoms with Crippen LogP contribution in [-0.4, -0.2) is 25.5 Å².